The molecule has 1 aromatic heterocycles. The van der Waals surface area contributed by atoms with Crippen molar-refractivity contribution in [2.24, 2.45) is 10.9 Å². The van der Waals surface area contributed by atoms with Gasteiger partial charge < -0.3 is 5.32 Å². The number of amides is 2. The predicted molar refractivity (Wildman–Crippen MR) is 131 cm³/mol. The number of anilines is 1. The highest BCUT2D eigenvalue weighted by molar-refractivity contribution is 9.10. The molecule has 1 aliphatic heterocycles. The van der Waals surface area contributed by atoms with Gasteiger partial charge in [-0.3, -0.25) is 19.5 Å². The molecule has 1 aromatic carbocycles. The van der Waals surface area contributed by atoms with Crippen molar-refractivity contribution in [3.05, 3.63) is 47.3 Å². The Kier molecular flexibility index (Phi) is 7.45. The second kappa shape index (κ2) is 10.3. The maximum Gasteiger partial charge on any atom is 0.242 e. The summed E-state index contributed by atoms with van der Waals surface area (Å²) in [4.78, 5) is 39.4. The third-order valence-corrected chi connectivity index (χ3v) is 8.52. The van der Waals surface area contributed by atoms with Crippen LogP contribution >= 0.6 is 27.7 Å². The third-order valence-electron chi connectivity index (χ3n) is 5.07. The quantitative estimate of drug-likeness (QED) is 0.508. The molecule has 12 heteroatoms. The lowest BCUT2D eigenvalue weighted by atomic mass is 10.2. The lowest BCUT2D eigenvalue weighted by Gasteiger charge is -2.16. The molecule has 1 N–H and O–H groups in total. The Balaban J connectivity index is 1.49. The lowest BCUT2D eigenvalue weighted by Crippen LogP contribution is -2.37. The Labute approximate surface area is 204 Å². The molecule has 9 nitrogen and oxygen atoms in total. The van der Waals surface area contributed by atoms with Crippen LogP contribution in [0.1, 0.15) is 19.3 Å². The van der Waals surface area contributed by atoms with Crippen LogP contribution < -0.4 is 5.32 Å². The van der Waals surface area contributed by atoms with E-state index in [0.717, 1.165) is 29.1 Å². The van der Waals surface area contributed by atoms with E-state index in [1.807, 2.05) is 12.1 Å². The highest BCUT2D eigenvalue weighted by Gasteiger charge is 2.40. The number of rotatable bonds is 9. The Bertz CT molecular complexity index is 1170. The van der Waals surface area contributed by atoms with Gasteiger partial charge in [-0.2, -0.15) is 0 Å². The van der Waals surface area contributed by atoms with E-state index in [0.29, 0.717) is 16.7 Å². The summed E-state index contributed by atoms with van der Waals surface area (Å²) in [5, 5.41) is 2.30. The van der Waals surface area contributed by atoms with Crippen molar-refractivity contribution in [3.8, 4) is 0 Å². The average molecular weight is 552 g/mol. The SMILES string of the molecule is O=C(CC1SC(=Nc2cccc(Br)c2)N(CCS(=O)(=O)CC2CC2)C1=O)Nc1cnccn1. The van der Waals surface area contributed by atoms with Crippen LogP contribution in [0, 0.1) is 5.92 Å². The second-order valence-corrected chi connectivity index (χ2v) is 12.2. The van der Waals surface area contributed by atoms with Crippen LogP contribution in [0.4, 0.5) is 11.5 Å². The van der Waals surface area contributed by atoms with Gasteiger partial charge in [-0.05, 0) is 37.0 Å². The Morgan fingerprint density at radius 2 is 2.12 bits per heavy atom. The summed E-state index contributed by atoms with van der Waals surface area (Å²) in [7, 11) is -3.27. The van der Waals surface area contributed by atoms with Crippen molar-refractivity contribution in [3.63, 3.8) is 0 Å². The summed E-state index contributed by atoms with van der Waals surface area (Å²) < 4.78 is 25.7. The molecule has 1 unspecified atom stereocenters. The van der Waals surface area contributed by atoms with Gasteiger partial charge in [0.2, 0.25) is 11.8 Å². The molecular formula is C21H22BrN5O4S2. The molecule has 1 atom stereocenters. The number of nitrogens with zero attached hydrogens (tertiary/aromatic N) is 4. The Hall–Kier alpha value is -2.31. The predicted octanol–water partition coefficient (Wildman–Crippen LogP) is 3.02. The first-order chi connectivity index (χ1) is 15.8. The molecule has 2 aromatic rings. The topological polar surface area (TPSA) is 122 Å². The number of aromatic nitrogens is 2. The molecule has 2 heterocycles. The first kappa shape index (κ1) is 23.8. The first-order valence-corrected chi connectivity index (χ1v) is 13.9. The normalized spacial score (nSPS) is 19.8. The number of halogens is 1. The van der Waals surface area contributed by atoms with E-state index >= 15 is 0 Å². The van der Waals surface area contributed by atoms with Gasteiger partial charge >= 0.3 is 0 Å². The van der Waals surface area contributed by atoms with Crippen LogP contribution in [-0.2, 0) is 19.4 Å². The molecule has 2 amide bonds. The number of sulfone groups is 1. The molecule has 1 saturated carbocycles. The molecule has 1 aliphatic carbocycles. The number of hydrogen-bond donors (Lipinski definition) is 1. The number of carbonyl (C=O) groups excluding carboxylic acids is 2. The van der Waals surface area contributed by atoms with Crippen molar-refractivity contribution in [1.29, 1.82) is 0 Å². The van der Waals surface area contributed by atoms with Gasteiger partial charge in [0, 0.05) is 29.8 Å². The molecule has 0 bridgehead atoms. The standard InChI is InChI=1S/C21H22BrN5O4S2/c22-15-2-1-3-16(10-15)25-21-27(8-9-33(30,31)13-14-4-5-14)20(29)17(32-21)11-19(28)26-18-12-23-6-7-24-18/h1-3,6-7,10,12,14,17H,4-5,8-9,11,13H2,(H,24,26,28). The van der Waals surface area contributed by atoms with Gasteiger partial charge in [-0.25, -0.2) is 18.4 Å². The van der Waals surface area contributed by atoms with E-state index in [1.54, 1.807) is 12.1 Å². The van der Waals surface area contributed by atoms with Gasteiger partial charge in [0.25, 0.3) is 0 Å². The van der Waals surface area contributed by atoms with E-state index in [4.69, 9.17) is 0 Å². The lowest BCUT2D eigenvalue weighted by molar-refractivity contribution is -0.128. The van der Waals surface area contributed by atoms with Crippen molar-refractivity contribution in [2.45, 2.75) is 24.5 Å². The van der Waals surface area contributed by atoms with E-state index < -0.39 is 15.1 Å². The summed E-state index contributed by atoms with van der Waals surface area (Å²) in [5.41, 5.74) is 0.621. The third kappa shape index (κ3) is 6.84. The summed E-state index contributed by atoms with van der Waals surface area (Å²) >= 11 is 4.56. The zero-order valence-corrected chi connectivity index (χ0v) is 20.8. The molecule has 0 spiro atoms. The minimum absolute atomic E-state index is 0.00992. The minimum atomic E-state index is -3.27. The zero-order valence-electron chi connectivity index (χ0n) is 17.6. The fraction of sp³-hybridized carbons (Fsp3) is 0.381. The van der Waals surface area contributed by atoms with Gasteiger partial charge in [0.1, 0.15) is 5.25 Å². The molecular weight excluding hydrogens is 530 g/mol. The van der Waals surface area contributed by atoms with Gasteiger partial charge in [-0.15, -0.1) is 0 Å². The molecule has 174 valence electrons. The molecule has 33 heavy (non-hydrogen) atoms. The zero-order chi connectivity index (χ0) is 23.4. The summed E-state index contributed by atoms with van der Waals surface area (Å²) in [6.45, 7) is 0.00992. The van der Waals surface area contributed by atoms with Gasteiger partial charge in [-0.1, -0.05) is 33.8 Å². The number of carbonyl (C=O) groups is 2. The fourth-order valence-corrected chi connectivity index (χ4v) is 6.52. The number of benzene rings is 1. The first-order valence-electron chi connectivity index (χ1n) is 10.4. The van der Waals surface area contributed by atoms with Crippen LogP contribution in [0.2, 0.25) is 0 Å². The molecule has 2 aliphatic rings. The maximum atomic E-state index is 13.1. The molecule has 4 rings (SSSR count). The van der Waals surface area contributed by atoms with E-state index in [1.165, 1.54) is 23.5 Å². The smallest absolute Gasteiger partial charge is 0.242 e. The van der Waals surface area contributed by atoms with E-state index in [9.17, 15) is 18.0 Å². The van der Waals surface area contributed by atoms with Gasteiger partial charge in [0.05, 0.1) is 23.4 Å². The molecule has 1 saturated heterocycles. The van der Waals surface area contributed by atoms with Gasteiger partial charge in [0.15, 0.2) is 20.8 Å². The van der Waals surface area contributed by atoms with Crippen LogP contribution in [0.25, 0.3) is 0 Å². The highest BCUT2D eigenvalue weighted by atomic mass is 79.9. The maximum absolute atomic E-state index is 13.1. The van der Waals surface area contributed by atoms with E-state index in [-0.39, 0.29) is 42.2 Å². The van der Waals surface area contributed by atoms with E-state index in [2.05, 4.69) is 36.2 Å². The largest absolute Gasteiger partial charge is 0.309 e. The Morgan fingerprint density at radius 3 is 2.82 bits per heavy atom. The van der Waals surface area contributed by atoms with Crippen molar-refractivity contribution in [2.75, 3.05) is 23.4 Å². The Morgan fingerprint density at radius 1 is 1.30 bits per heavy atom. The fourth-order valence-electron chi connectivity index (χ4n) is 3.27. The van der Waals surface area contributed by atoms with Crippen molar-refractivity contribution >= 4 is 66.0 Å². The molecule has 0 radical (unpaired) electrons. The second-order valence-electron chi connectivity index (χ2n) is 7.87. The van der Waals surface area contributed by atoms with Crippen LogP contribution in [-0.4, -0.2) is 63.6 Å². The molecule has 2 fully saturated rings. The monoisotopic (exact) mass is 551 g/mol. The minimum Gasteiger partial charge on any atom is -0.309 e. The summed E-state index contributed by atoms with van der Waals surface area (Å²) in [5.74, 6) is -0.151. The number of aliphatic imine (C=N–C) groups is 1. The van der Waals surface area contributed by atoms with Crippen molar-refractivity contribution < 1.29 is 18.0 Å². The number of hydrogen-bond acceptors (Lipinski definition) is 8. The van der Waals surface area contributed by atoms with Crippen LogP contribution in [0.5, 0.6) is 0 Å². The highest BCUT2D eigenvalue weighted by Crippen LogP contribution is 2.33. The number of amidine groups is 1. The number of nitrogens with one attached hydrogen (secondary N) is 1. The average Bonchev–Trinajstić information content (AvgIpc) is 3.51. The van der Waals surface area contributed by atoms with Crippen LogP contribution in [0.15, 0.2) is 52.3 Å². The summed E-state index contributed by atoms with van der Waals surface area (Å²) in [6.07, 6.45) is 6.15. The van der Waals surface area contributed by atoms with Crippen LogP contribution in [0.3, 0.4) is 0 Å². The van der Waals surface area contributed by atoms with Crippen molar-refractivity contribution in [1.82, 2.24) is 14.9 Å². The summed E-state index contributed by atoms with van der Waals surface area (Å²) in [6, 6.07) is 7.27. The number of thioether (sulfide) groups is 1.